The first-order valence-corrected chi connectivity index (χ1v) is 34.0. The maximum absolute atomic E-state index is 15.2. The third-order valence-corrected chi connectivity index (χ3v) is 19.6. The van der Waals surface area contributed by atoms with Crippen molar-refractivity contribution in [3.8, 4) is 0 Å². The van der Waals surface area contributed by atoms with Crippen LogP contribution < -0.4 is 16.0 Å². The molecule has 4 aliphatic rings. The molecular weight excluding hydrogens is 1250 g/mol. The molecule has 5 rings (SSSR count). The predicted molar refractivity (Wildman–Crippen MR) is 350 cm³/mol. The van der Waals surface area contributed by atoms with Gasteiger partial charge in [-0.05, 0) is 113 Å². The van der Waals surface area contributed by atoms with Crippen molar-refractivity contribution < 1.29 is 75.1 Å². The van der Waals surface area contributed by atoms with Crippen molar-refractivity contribution in [2.75, 3.05) is 88.6 Å². The van der Waals surface area contributed by atoms with Gasteiger partial charge in [-0.3, -0.25) is 57.5 Å². The molecule has 0 aromatic heterocycles. The molecule has 12 amide bonds. The number of nitrogens with one attached hydrogen (secondary N) is 3. The van der Waals surface area contributed by atoms with Crippen molar-refractivity contribution in [2.45, 2.75) is 212 Å². The second kappa shape index (κ2) is 34.7. The molecule has 0 unspecified atom stereocenters. The molecule has 1 aromatic rings. The number of hydrogen-bond donors (Lipinski definition) is 3. The Balaban J connectivity index is 1.59. The molecule has 24 nitrogen and oxygen atoms in total. The van der Waals surface area contributed by atoms with Crippen molar-refractivity contribution in [1.82, 2.24) is 60.0 Å². The van der Waals surface area contributed by atoms with Crippen molar-refractivity contribution in [3.05, 3.63) is 35.1 Å². The number of halogens is 4. The summed E-state index contributed by atoms with van der Waals surface area (Å²) < 4.78 is 55.9. The van der Waals surface area contributed by atoms with Gasteiger partial charge in [0.1, 0.15) is 53.6 Å². The Morgan fingerprint density at radius 2 is 1.23 bits per heavy atom. The van der Waals surface area contributed by atoms with Crippen LogP contribution >= 0.6 is 0 Å². The lowest BCUT2D eigenvalue weighted by Crippen LogP contribution is -2.64. The second-order valence-electron chi connectivity index (χ2n) is 28.4. The molecule has 538 valence electrons. The molecule has 1 aliphatic carbocycles. The molecule has 0 bridgehead atoms. The van der Waals surface area contributed by atoms with E-state index in [-0.39, 0.29) is 62.5 Å². The first-order chi connectivity index (χ1) is 44.8. The molecule has 3 N–H and O–H groups in total. The minimum Gasteiger partial charge on any atom is -0.343 e. The minimum atomic E-state index is -5.00. The van der Waals surface area contributed by atoms with Gasteiger partial charge in [-0.15, -0.1) is 0 Å². The number of nitrogens with zero attached hydrogens (tertiary/aromatic N) is 9. The lowest BCUT2D eigenvalue weighted by atomic mass is 9.84. The fourth-order valence-electron chi connectivity index (χ4n) is 13.5. The van der Waals surface area contributed by atoms with Gasteiger partial charge in [0.15, 0.2) is 0 Å². The summed E-state index contributed by atoms with van der Waals surface area (Å²) in [6.45, 7) is 12.3. The van der Waals surface area contributed by atoms with Crippen LogP contribution in [0.5, 0.6) is 0 Å². The van der Waals surface area contributed by atoms with Gasteiger partial charge >= 0.3 is 6.18 Å². The molecule has 96 heavy (non-hydrogen) atoms. The van der Waals surface area contributed by atoms with E-state index in [9.17, 15) is 70.3 Å². The van der Waals surface area contributed by atoms with Gasteiger partial charge in [0.25, 0.3) is 0 Å². The molecule has 3 saturated heterocycles. The summed E-state index contributed by atoms with van der Waals surface area (Å²) in [6.07, 6.45) is 1.31. The number of likely N-dealkylation sites (N-methyl/N-ethyl adjacent to an activating group) is 7. The number of carbonyl (C=O) groups is 12. The highest BCUT2D eigenvalue weighted by atomic mass is 19.4. The van der Waals surface area contributed by atoms with Gasteiger partial charge in [-0.1, -0.05) is 86.1 Å². The normalized spacial score (nSPS) is 25.8. The van der Waals surface area contributed by atoms with E-state index in [0.29, 0.717) is 44.5 Å². The van der Waals surface area contributed by atoms with E-state index in [4.69, 9.17) is 0 Å². The zero-order valence-electron chi connectivity index (χ0n) is 59.1. The number of rotatable bonds is 11. The average Bonchev–Trinajstić information content (AvgIpc) is 1.02. The number of alkyl halides is 3. The van der Waals surface area contributed by atoms with Crippen LogP contribution in [0.25, 0.3) is 0 Å². The average molecular weight is 1360 g/mol. The Labute approximate surface area is 563 Å². The number of aryl methyl sites for hydroxylation is 1. The molecule has 8 atom stereocenters. The fraction of sp³-hybridized carbons (Fsp3) is 0.735. The van der Waals surface area contributed by atoms with E-state index >= 15 is 4.79 Å². The van der Waals surface area contributed by atoms with Gasteiger partial charge in [-0.2, -0.15) is 13.2 Å². The maximum atomic E-state index is 15.2. The summed E-state index contributed by atoms with van der Waals surface area (Å²) >= 11 is 0. The Morgan fingerprint density at radius 3 is 1.81 bits per heavy atom. The fourth-order valence-corrected chi connectivity index (χ4v) is 13.5. The van der Waals surface area contributed by atoms with Crippen LogP contribution in [0.15, 0.2) is 18.2 Å². The molecule has 3 aliphatic heterocycles. The van der Waals surface area contributed by atoms with Crippen molar-refractivity contribution in [1.29, 1.82) is 0 Å². The highest BCUT2D eigenvalue weighted by Gasteiger charge is 2.47. The number of likely N-dealkylation sites (tertiary alicyclic amines) is 1. The van der Waals surface area contributed by atoms with E-state index < -0.39 is 174 Å². The third-order valence-electron chi connectivity index (χ3n) is 19.6. The first kappa shape index (κ1) is 79.3. The summed E-state index contributed by atoms with van der Waals surface area (Å²) in [5.41, 5.74) is -3.27. The summed E-state index contributed by atoms with van der Waals surface area (Å²) in [6, 6.07) is -6.81. The molecule has 0 spiro atoms. The number of carbonyl (C=O) groups excluding carboxylic acids is 12. The van der Waals surface area contributed by atoms with Crippen LogP contribution in [0.3, 0.4) is 0 Å². The first-order valence-electron chi connectivity index (χ1n) is 34.0. The number of amides is 12. The summed E-state index contributed by atoms with van der Waals surface area (Å²) in [4.78, 5) is 187. The summed E-state index contributed by atoms with van der Waals surface area (Å²) in [5.74, 6) is -11.4. The van der Waals surface area contributed by atoms with Gasteiger partial charge < -0.3 is 60.0 Å². The van der Waals surface area contributed by atoms with Crippen LogP contribution in [0.4, 0.5) is 17.6 Å². The van der Waals surface area contributed by atoms with E-state index in [1.54, 1.807) is 25.7 Å². The topological polar surface area (TPSA) is 270 Å². The number of hydrogen-bond acceptors (Lipinski definition) is 12. The summed E-state index contributed by atoms with van der Waals surface area (Å²) in [7, 11) is 9.61. The Morgan fingerprint density at radius 1 is 0.635 bits per heavy atom. The second-order valence-corrected chi connectivity index (χ2v) is 28.4. The molecule has 3 heterocycles. The quantitative estimate of drug-likeness (QED) is 0.260. The predicted octanol–water partition coefficient (Wildman–Crippen LogP) is 4.45. The van der Waals surface area contributed by atoms with Gasteiger partial charge in [0, 0.05) is 69.0 Å². The molecule has 28 heteroatoms. The molecule has 4 fully saturated rings. The number of fused-ring (bicyclic) bond motifs is 1. The van der Waals surface area contributed by atoms with Crippen LogP contribution in [0, 0.1) is 29.5 Å². The number of piperidine rings is 1. The highest BCUT2D eigenvalue weighted by molar-refractivity contribution is 6.00. The smallest absolute Gasteiger partial charge is 0.343 e. The van der Waals surface area contributed by atoms with Crippen molar-refractivity contribution in [3.63, 3.8) is 0 Å². The molecule has 0 radical (unpaired) electrons. The highest BCUT2D eigenvalue weighted by Crippen LogP contribution is 2.33. The standard InChI is InChI=1S/C68H106F4N12O12/c1-16-43(6)57-64(94)78(11)39-55(87)76(9)40-56(88)80(13)51(36-44-24-19-17-20-25-44)62(92)77(10)38-53(85)73-48(30-28-45-27-29-46(47(69)35-45)68(70,71)72)61(91)84-33-23-26-49(84)60(90)75-67(7,8)66(96)82(15)58(42(4)5)65(95)81(14)52(63(93)83-31-21-18-22-32-83)37-54(86)79(12)50(34-41(2)3)59(89)74-57/h27,29,35,41-44,48-52,57-58H,16-26,28,30-34,36-40H2,1-15H3,(H,73,85)(H,74,89)(H,75,90)/t43-,48-,49-,50-,51-,52-,57-,58-/m0/s1. The molecule has 1 saturated carbocycles. The zero-order chi connectivity index (χ0) is 72.0. The summed E-state index contributed by atoms with van der Waals surface area (Å²) in [5, 5.41) is 8.29. The van der Waals surface area contributed by atoms with Crippen LogP contribution in [-0.2, 0) is 70.1 Å². The maximum Gasteiger partial charge on any atom is 0.419 e. The van der Waals surface area contributed by atoms with Crippen molar-refractivity contribution in [2.24, 2.45) is 23.7 Å². The van der Waals surface area contributed by atoms with E-state index in [1.165, 1.54) is 77.9 Å². The monoisotopic (exact) mass is 1360 g/mol. The Kier molecular flexibility index (Phi) is 28.6. The lowest BCUT2D eigenvalue weighted by molar-refractivity contribution is -0.156. The van der Waals surface area contributed by atoms with Crippen LogP contribution in [0.2, 0.25) is 0 Å². The van der Waals surface area contributed by atoms with Gasteiger partial charge in [0.05, 0.1) is 31.6 Å². The Bertz CT molecular complexity index is 2970. The van der Waals surface area contributed by atoms with E-state index in [0.717, 1.165) is 69.1 Å². The SMILES string of the molecule is CC[C@H](C)[C@@H]1NC(=O)[C@H](CC(C)C)N(C)C(=O)C[C@@H](C(=O)N2CCCCC2)N(C)C(=O)[C@H](C(C)C)N(C)C(=O)C(C)(C)NC(=O)[C@@H]2CCCN2C(=O)[C@H](CCc2ccc(C(F)(F)F)c(F)c2)NC(=O)CN(C)C(=O)[C@H](CC2CCCCC2)N(C)C(=O)CN(C)C(=O)CN(C)C1=O. The lowest BCUT2D eigenvalue weighted by Gasteiger charge is -2.41. The molecular formula is C68H106F4N12O12. The van der Waals surface area contributed by atoms with Crippen molar-refractivity contribution >= 4 is 70.9 Å². The minimum absolute atomic E-state index is 0.00158. The third kappa shape index (κ3) is 20.6. The Hall–Kier alpha value is -7.42. The van der Waals surface area contributed by atoms with E-state index in [1.807, 2.05) is 20.8 Å². The van der Waals surface area contributed by atoms with Gasteiger partial charge in [0.2, 0.25) is 70.9 Å². The molecule has 1 aromatic carbocycles. The number of benzene rings is 1. The van der Waals surface area contributed by atoms with Crippen LogP contribution in [0.1, 0.15) is 163 Å². The van der Waals surface area contributed by atoms with E-state index in [2.05, 4.69) is 16.0 Å². The van der Waals surface area contributed by atoms with Crippen LogP contribution in [-0.4, -0.2) is 251 Å². The largest absolute Gasteiger partial charge is 0.419 e. The zero-order valence-corrected chi connectivity index (χ0v) is 59.1. The van der Waals surface area contributed by atoms with Gasteiger partial charge in [-0.25, -0.2) is 4.39 Å².